The molecule has 0 spiro atoms. The summed E-state index contributed by atoms with van der Waals surface area (Å²) in [6.07, 6.45) is 0. The molecular formula is C16H12BrF2NO3. The molecule has 0 unspecified atom stereocenters. The highest BCUT2D eigenvalue weighted by Crippen LogP contribution is 2.16. The van der Waals surface area contributed by atoms with E-state index in [-0.39, 0.29) is 17.9 Å². The van der Waals surface area contributed by atoms with E-state index in [1.54, 1.807) is 0 Å². The second-order valence-corrected chi connectivity index (χ2v) is 5.52. The lowest BCUT2D eigenvalue weighted by Gasteiger charge is -2.07. The normalized spacial score (nSPS) is 10.2. The third-order valence-electron chi connectivity index (χ3n) is 2.89. The second-order valence-electron chi connectivity index (χ2n) is 4.60. The van der Waals surface area contributed by atoms with Gasteiger partial charge in [0.15, 0.2) is 6.61 Å². The quantitative estimate of drug-likeness (QED) is 0.806. The minimum Gasteiger partial charge on any atom is -0.452 e. The number of carbonyl (C=O) groups excluding carboxylic acids is 2. The fourth-order valence-electron chi connectivity index (χ4n) is 1.72. The lowest BCUT2D eigenvalue weighted by molar-refractivity contribution is -0.124. The molecule has 0 aliphatic rings. The predicted octanol–water partition coefficient (Wildman–Crippen LogP) is 3.20. The molecule has 4 nitrogen and oxygen atoms in total. The highest BCUT2D eigenvalue weighted by atomic mass is 79.9. The monoisotopic (exact) mass is 383 g/mol. The van der Waals surface area contributed by atoms with Crippen LogP contribution in [0.1, 0.15) is 15.9 Å². The molecule has 0 aliphatic carbocycles. The summed E-state index contributed by atoms with van der Waals surface area (Å²) < 4.78 is 31.5. The van der Waals surface area contributed by atoms with Crippen LogP contribution < -0.4 is 5.32 Å². The Morgan fingerprint density at radius 3 is 2.48 bits per heavy atom. The first-order valence-electron chi connectivity index (χ1n) is 6.59. The summed E-state index contributed by atoms with van der Waals surface area (Å²) in [5.41, 5.74) is 0.440. The average Bonchev–Trinajstić information content (AvgIpc) is 2.54. The maximum atomic E-state index is 13.5. The fourth-order valence-corrected chi connectivity index (χ4v) is 2.08. The molecule has 0 fully saturated rings. The van der Waals surface area contributed by atoms with Crippen LogP contribution in [0.2, 0.25) is 0 Å². The summed E-state index contributed by atoms with van der Waals surface area (Å²) in [4.78, 5) is 23.3. The zero-order valence-electron chi connectivity index (χ0n) is 11.8. The third kappa shape index (κ3) is 5.14. The zero-order valence-corrected chi connectivity index (χ0v) is 13.4. The van der Waals surface area contributed by atoms with E-state index in [1.807, 2.05) is 0 Å². The Bertz CT molecular complexity index is 720. The Hall–Kier alpha value is -2.28. The van der Waals surface area contributed by atoms with Gasteiger partial charge in [-0.25, -0.2) is 13.6 Å². The molecular weight excluding hydrogens is 372 g/mol. The van der Waals surface area contributed by atoms with E-state index >= 15 is 0 Å². The number of benzene rings is 2. The molecule has 0 saturated heterocycles. The molecule has 0 aliphatic heterocycles. The number of amides is 1. The van der Waals surface area contributed by atoms with Gasteiger partial charge in [-0.3, -0.25) is 4.79 Å². The average molecular weight is 384 g/mol. The molecule has 2 rings (SSSR count). The number of rotatable bonds is 5. The van der Waals surface area contributed by atoms with Gasteiger partial charge < -0.3 is 10.1 Å². The first kappa shape index (κ1) is 17.1. The molecule has 120 valence electrons. The minimum atomic E-state index is -0.930. The van der Waals surface area contributed by atoms with Gasteiger partial charge in [-0.2, -0.15) is 0 Å². The Balaban J connectivity index is 1.83. The highest BCUT2D eigenvalue weighted by Gasteiger charge is 2.15. The SMILES string of the molecule is O=C(COC(=O)c1cc(Br)ccc1F)NCc1ccc(F)cc1. The largest absolute Gasteiger partial charge is 0.452 e. The summed E-state index contributed by atoms with van der Waals surface area (Å²) in [5.74, 6) is -2.58. The smallest absolute Gasteiger partial charge is 0.341 e. The summed E-state index contributed by atoms with van der Waals surface area (Å²) in [6, 6.07) is 9.44. The van der Waals surface area contributed by atoms with E-state index in [0.717, 1.165) is 6.07 Å². The summed E-state index contributed by atoms with van der Waals surface area (Å²) >= 11 is 3.12. The number of hydrogen-bond donors (Lipinski definition) is 1. The molecule has 23 heavy (non-hydrogen) atoms. The van der Waals surface area contributed by atoms with Crippen LogP contribution in [-0.2, 0) is 16.1 Å². The summed E-state index contributed by atoms with van der Waals surface area (Å²) in [7, 11) is 0. The Kier molecular flexibility index (Phi) is 5.81. The number of nitrogens with one attached hydrogen (secondary N) is 1. The van der Waals surface area contributed by atoms with Crippen LogP contribution in [0.25, 0.3) is 0 Å². The van der Waals surface area contributed by atoms with Gasteiger partial charge in [0, 0.05) is 11.0 Å². The van der Waals surface area contributed by atoms with Crippen molar-refractivity contribution >= 4 is 27.8 Å². The molecule has 2 aromatic rings. The summed E-state index contributed by atoms with van der Waals surface area (Å²) in [6.45, 7) is -0.367. The van der Waals surface area contributed by atoms with E-state index in [4.69, 9.17) is 4.74 Å². The fraction of sp³-hybridized carbons (Fsp3) is 0.125. The van der Waals surface area contributed by atoms with Crippen molar-refractivity contribution in [2.75, 3.05) is 6.61 Å². The van der Waals surface area contributed by atoms with Crippen LogP contribution in [0.3, 0.4) is 0 Å². The number of ether oxygens (including phenoxy) is 1. The third-order valence-corrected chi connectivity index (χ3v) is 3.38. The first-order chi connectivity index (χ1) is 11.0. The van der Waals surface area contributed by atoms with Gasteiger partial charge >= 0.3 is 5.97 Å². The van der Waals surface area contributed by atoms with Crippen molar-refractivity contribution in [2.45, 2.75) is 6.54 Å². The summed E-state index contributed by atoms with van der Waals surface area (Å²) in [5, 5.41) is 2.51. The van der Waals surface area contributed by atoms with Crippen LogP contribution in [-0.4, -0.2) is 18.5 Å². The van der Waals surface area contributed by atoms with Gasteiger partial charge in [0.1, 0.15) is 11.6 Å². The van der Waals surface area contributed by atoms with Gasteiger partial charge in [0.25, 0.3) is 5.91 Å². The van der Waals surface area contributed by atoms with E-state index in [0.29, 0.717) is 10.0 Å². The molecule has 1 N–H and O–H groups in total. The molecule has 0 atom stereocenters. The van der Waals surface area contributed by atoms with Gasteiger partial charge in [-0.1, -0.05) is 28.1 Å². The van der Waals surface area contributed by atoms with E-state index in [9.17, 15) is 18.4 Å². The molecule has 0 saturated carbocycles. The van der Waals surface area contributed by atoms with Crippen molar-refractivity contribution in [3.05, 3.63) is 69.7 Å². The van der Waals surface area contributed by atoms with Crippen LogP contribution in [0, 0.1) is 11.6 Å². The highest BCUT2D eigenvalue weighted by molar-refractivity contribution is 9.10. The van der Waals surface area contributed by atoms with Crippen LogP contribution in [0.4, 0.5) is 8.78 Å². The lowest BCUT2D eigenvalue weighted by atomic mass is 10.2. The molecule has 2 aromatic carbocycles. The van der Waals surface area contributed by atoms with Gasteiger partial charge in [-0.05, 0) is 35.9 Å². The topological polar surface area (TPSA) is 55.4 Å². The predicted molar refractivity (Wildman–Crippen MR) is 82.6 cm³/mol. The van der Waals surface area contributed by atoms with Crippen molar-refractivity contribution in [1.82, 2.24) is 5.32 Å². The van der Waals surface area contributed by atoms with Crippen molar-refractivity contribution in [3.63, 3.8) is 0 Å². The second kappa shape index (κ2) is 7.82. The van der Waals surface area contributed by atoms with Crippen molar-refractivity contribution < 1.29 is 23.1 Å². The molecule has 1 amide bonds. The van der Waals surface area contributed by atoms with E-state index in [1.165, 1.54) is 36.4 Å². The Labute approximate surface area is 139 Å². The maximum Gasteiger partial charge on any atom is 0.341 e. The Morgan fingerprint density at radius 2 is 1.78 bits per heavy atom. The van der Waals surface area contributed by atoms with Crippen molar-refractivity contribution in [2.24, 2.45) is 0 Å². The van der Waals surface area contributed by atoms with Crippen molar-refractivity contribution in [1.29, 1.82) is 0 Å². The number of halogens is 3. The van der Waals surface area contributed by atoms with Crippen molar-refractivity contribution in [3.8, 4) is 0 Å². The maximum absolute atomic E-state index is 13.5. The molecule has 0 aromatic heterocycles. The standard InChI is InChI=1S/C16H12BrF2NO3/c17-11-3-6-14(19)13(7-11)16(22)23-9-15(21)20-8-10-1-4-12(18)5-2-10/h1-7H,8-9H2,(H,20,21). The van der Waals surface area contributed by atoms with Gasteiger partial charge in [0.05, 0.1) is 5.56 Å². The number of carbonyl (C=O) groups is 2. The minimum absolute atomic E-state index is 0.169. The molecule has 0 radical (unpaired) electrons. The molecule has 0 bridgehead atoms. The van der Waals surface area contributed by atoms with Crippen LogP contribution in [0.5, 0.6) is 0 Å². The number of esters is 1. The van der Waals surface area contributed by atoms with Gasteiger partial charge in [0.2, 0.25) is 0 Å². The number of hydrogen-bond acceptors (Lipinski definition) is 3. The zero-order chi connectivity index (χ0) is 16.8. The van der Waals surface area contributed by atoms with E-state index in [2.05, 4.69) is 21.2 Å². The first-order valence-corrected chi connectivity index (χ1v) is 7.38. The molecule has 7 heteroatoms. The van der Waals surface area contributed by atoms with E-state index < -0.39 is 24.3 Å². The lowest BCUT2D eigenvalue weighted by Crippen LogP contribution is -2.28. The van der Waals surface area contributed by atoms with Gasteiger partial charge in [-0.15, -0.1) is 0 Å². The van der Waals surface area contributed by atoms with Crippen LogP contribution >= 0.6 is 15.9 Å². The Morgan fingerprint density at radius 1 is 1.09 bits per heavy atom. The molecule has 0 heterocycles. The van der Waals surface area contributed by atoms with Crippen LogP contribution in [0.15, 0.2) is 46.9 Å².